The molecular weight excluding hydrogens is 367 g/mol. The zero-order chi connectivity index (χ0) is 20.1. The number of rotatable bonds is 5. The lowest BCUT2D eigenvalue weighted by atomic mass is 10.1. The fourth-order valence-electron chi connectivity index (χ4n) is 3.54. The van der Waals surface area contributed by atoms with Crippen molar-refractivity contribution in [3.05, 3.63) is 83.9 Å². The topological polar surface area (TPSA) is 52.4 Å². The summed E-state index contributed by atoms with van der Waals surface area (Å²) in [5.74, 6) is 1.06. The molecule has 0 N–H and O–H groups in total. The Morgan fingerprint density at radius 2 is 1.83 bits per heavy atom. The van der Waals surface area contributed by atoms with Gasteiger partial charge in [0.05, 0.1) is 11.9 Å². The maximum absolute atomic E-state index is 13.9. The van der Waals surface area contributed by atoms with Crippen molar-refractivity contribution in [3.63, 3.8) is 0 Å². The summed E-state index contributed by atoms with van der Waals surface area (Å²) < 4.78 is 19.9. The number of piperazine rings is 1. The van der Waals surface area contributed by atoms with Gasteiger partial charge in [-0.05, 0) is 30.3 Å². The lowest BCUT2D eigenvalue weighted by Gasteiger charge is -2.36. The van der Waals surface area contributed by atoms with Gasteiger partial charge in [-0.15, -0.1) is 0 Å². The van der Waals surface area contributed by atoms with E-state index in [0.29, 0.717) is 11.4 Å². The van der Waals surface area contributed by atoms with Crippen LogP contribution < -0.4 is 9.64 Å². The number of pyridine rings is 1. The van der Waals surface area contributed by atoms with Gasteiger partial charge in [-0.3, -0.25) is 9.88 Å². The van der Waals surface area contributed by atoms with Crippen LogP contribution in [0.5, 0.6) is 11.5 Å². The fraction of sp³-hybridized carbons (Fsp3) is 0.217. The smallest absolute Gasteiger partial charge is 0.145 e. The van der Waals surface area contributed by atoms with Crippen LogP contribution in [-0.2, 0) is 6.54 Å². The quantitative estimate of drug-likeness (QED) is 0.655. The number of hydrogen-bond acceptors (Lipinski definition) is 5. The van der Waals surface area contributed by atoms with Gasteiger partial charge in [0.15, 0.2) is 0 Å². The summed E-state index contributed by atoms with van der Waals surface area (Å²) in [6.45, 7) is 3.89. The summed E-state index contributed by atoms with van der Waals surface area (Å²) >= 11 is 0. The minimum atomic E-state index is -0.464. The van der Waals surface area contributed by atoms with Gasteiger partial charge in [-0.2, -0.15) is 5.26 Å². The van der Waals surface area contributed by atoms with Crippen LogP contribution in [0.25, 0.3) is 0 Å². The number of halogens is 1. The molecule has 5 nitrogen and oxygen atoms in total. The average Bonchev–Trinajstić information content (AvgIpc) is 2.76. The van der Waals surface area contributed by atoms with E-state index in [9.17, 15) is 9.65 Å². The van der Waals surface area contributed by atoms with Crippen LogP contribution in [0.3, 0.4) is 0 Å². The van der Waals surface area contributed by atoms with Crippen LogP contribution in [-0.4, -0.2) is 36.1 Å². The highest BCUT2D eigenvalue weighted by atomic mass is 19.1. The van der Waals surface area contributed by atoms with Crippen molar-refractivity contribution in [2.75, 3.05) is 31.1 Å². The van der Waals surface area contributed by atoms with Gasteiger partial charge in [-0.1, -0.05) is 24.3 Å². The summed E-state index contributed by atoms with van der Waals surface area (Å²) in [6, 6.07) is 18.5. The number of para-hydroxylation sites is 1. The van der Waals surface area contributed by atoms with Gasteiger partial charge in [0.25, 0.3) is 0 Å². The monoisotopic (exact) mass is 388 g/mol. The molecule has 3 aromatic rings. The second-order valence-corrected chi connectivity index (χ2v) is 6.91. The first kappa shape index (κ1) is 18.9. The van der Waals surface area contributed by atoms with E-state index in [1.807, 2.05) is 42.5 Å². The number of benzene rings is 2. The molecule has 0 aliphatic carbocycles. The molecule has 1 aromatic heterocycles. The molecule has 0 spiro atoms. The molecule has 2 aromatic carbocycles. The maximum atomic E-state index is 13.9. The molecule has 146 valence electrons. The first-order valence-corrected chi connectivity index (χ1v) is 9.56. The van der Waals surface area contributed by atoms with Crippen LogP contribution in [0.4, 0.5) is 10.1 Å². The third-order valence-electron chi connectivity index (χ3n) is 5.05. The normalized spacial score (nSPS) is 14.4. The molecule has 6 heteroatoms. The molecule has 0 saturated carbocycles. The molecular formula is C23H21FN4O. The van der Waals surface area contributed by atoms with Crippen molar-refractivity contribution >= 4 is 5.69 Å². The van der Waals surface area contributed by atoms with Crippen molar-refractivity contribution in [2.24, 2.45) is 0 Å². The molecule has 1 aliphatic rings. The van der Waals surface area contributed by atoms with E-state index in [4.69, 9.17) is 4.74 Å². The second-order valence-electron chi connectivity index (χ2n) is 6.91. The summed E-state index contributed by atoms with van der Waals surface area (Å²) in [6.07, 6.45) is 3.41. The number of nitriles is 1. The van der Waals surface area contributed by atoms with Crippen LogP contribution >= 0.6 is 0 Å². The first-order chi connectivity index (χ1) is 14.2. The molecule has 0 unspecified atom stereocenters. The fourth-order valence-corrected chi connectivity index (χ4v) is 3.54. The van der Waals surface area contributed by atoms with E-state index < -0.39 is 5.82 Å². The Labute approximate surface area is 169 Å². The summed E-state index contributed by atoms with van der Waals surface area (Å²) in [7, 11) is 0. The lowest BCUT2D eigenvalue weighted by molar-refractivity contribution is 0.247. The van der Waals surface area contributed by atoms with Crippen molar-refractivity contribution in [1.82, 2.24) is 9.88 Å². The molecule has 0 bridgehead atoms. The van der Waals surface area contributed by atoms with E-state index in [0.717, 1.165) is 44.0 Å². The molecule has 2 heterocycles. The summed E-state index contributed by atoms with van der Waals surface area (Å²) in [5, 5.41) is 9.28. The third-order valence-corrected chi connectivity index (χ3v) is 5.05. The maximum Gasteiger partial charge on any atom is 0.145 e. The SMILES string of the molecule is N#Cc1c(F)cccc1N1CCN(Cc2ccccc2Oc2cccnc2)CC1. The summed E-state index contributed by atoms with van der Waals surface area (Å²) in [4.78, 5) is 8.51. The molecule has 1 saturated heterocycles. The molecule has 1 fully saturated rings. The Kier molecular flexibility index (Phi) is 5.68. The lowest BCUT2D eigenvalue weighted by Crippen LogP contribution is -2.46. The van der Waals surface area contributed by atoms with Crippen LogP contribution in [0.1, 0.15) is 11.1 Å². The number of anilines is 1. The molecule has 0 atom stereocenters. The van der Waals surface area contributed by atoms with Crippen molar-refractivity contribution < 1.29 is 9.13 Å². The number of aromatic nitrogens is 1. The zero-order valence-electron chi connectivity index (χ0n) is 16.0. The van der Waals surface area contributed by atoms with Crippen molar-refractivity contribution in [2.45, 2.75) is 6.54 Å². The minimum Gasteiger partial charge on any atom is -0.455 e. The highest BCUT2D eigenvalue weighted by Crippen LogP contribution is 2.27. The van der Waals surface area contributed by atoms with Crippen molar-refractivity contribution in [3.8, 4) is 17.6 Å². The Hall–Kier alpha value is -3.43. The molecule has 4 rings (SSSR count). The van der Waals surface area contributed by atoms with E-state index >= 15 is 0 Å². The highest BCUT2D eigenvalue weighted by Gasteiger charge is 2.21. The predicted octanol–water partition coefficient (Wildman–Crippen LogP) is 4.21. The average molecular weight is 388 g/mol. The van der Waals surface area contributed by atoms with Gasteiger partial charge in [-0.25, -0.2) is 4.39 Å². The molecule has 1 aliphatic heterocycles. The largest absolute Gasteiger partial charge is 0.455 e. The van der Waals surface area contributed by atoms with Gasteiger partial charge in [0.2, 0.25) is 0 Å². The van der Waals surface area contributed by atoms with Gasteiger partial charge >= 0.3 is 0 Å². The molecule has 0 amide bonds. The minimum absolute atomic E-state index is 0.121. The van der Waals surface area contributed by atoms with Gasteiger partial charge in [0, 0.05) is 44.5 Å². The standard InChI is InChI=1S/C23H21FN4O/c24-21-7-3-8-22(20(21)15-25)28-13-11-27(12-14-28)17-18-5-1-2-9-23(18)29-19-6-4-10-26-16-19/h1-10,16H,11-14,17H2. The van der Waals surface area contributed by atoms with Crippen molar-refractivity contribution in [1.29, 1.82) is 5.26 Å². The zero-order valence-corrected chi connectivity index (χ0v) is 16.0. The first-order valence-electron chi connectivity index (χ1n) is 9.56. The Bertz CT molecular complexity index is 1010. The van der Waals surface area contributed by atoms with Gasteiger partial charge in [0.1, 0.15) is 28.9 Å². The van der Waals surface area contributed by atoms with E-state index in [1.54, 1.807) is 18.5 Å². The molecule has 29 heavy (non-hydrogen) atoms. The van der Waals surface area contributed by atoms with E-state index in [1.165, 1.54) is 6.07 Å². The number of nitrogens with zero attached hydrogens (tertiary/aromatic N) is 4. The highest BCUT2D eigenvalue weighted by molar-refractivity contribution is 5.60. The number of ether oxygens (including phenoxy) is 1. The molecule has 0 radical (unpaired) electrons. The summed E-state index contributed by atoms with van der Waals surface area (Å²) in [5.41, 5.74) is 1.90. The van der Waals surface area contributed by atoms with Crippen LogP contribution in [0, 0.1) is 17.1 Å². The van der Waals surface area contributed by atoms with Crippen LogP contribution in [0.2, 0.25) is 0 Å². The van der Waals surface area contributed by atoms with E-state index in [2.05, 4.69) is 20.9 Å². The van der Waals surface area contributed by atoms with Crippen LogP contribution in [0.15, 0.2) is 67.0 Å². The number of hydrogen-bond donors (Lipinski definition) is 0. The predicted molar refractivity (Wildman–Crippen MR) is 109 cm³/mol. The third kappa shape index (κ3) is 4.36. The van der Waals surface area contributed by atoms with E-state index in [-0.39, 0.29) is 5.56 Å². The Morgan fingerprint density at radius 1 is 1.00 bits per heavy atom. The van der Waals surface area contributed by atoms with Gasteiger partial charge < -0.3 is 9.64 Å². The Morgan fingerprint density at radius 3 is 2.59 bits per heavy atom. The second kappa shape index (κ2) is 8.72. The Balaban J connectivity index is 1.42.